The second-order valence-electron chi connectivity index (χ2n) is 7.60. The fourth-order valence-corrected chi connectivity index (χ4v) is 3.81. The van der Waals surface area contributed by atoms with Gasteiger partial charge in [0.05, 0.1) is 24.1 Å². The van der Waals surface area contributed by atoms with Crippen LogP contribution in [0.1, 0.15) is 39.5 Å². The number of urea groups is 1. The first-order valence-corrected chi connectivity index (χ1v) is 11.0. The molecule has 1 saturated heterocycles. The van der Waals surface area contributed by atoms with Crippen molar-refractivity contribution in [2.75, 3.05) is 31.1 Å². The number of carbonyl (C=O) groups excluding carboxylic acids is 2. The largest absolute Gasteiger partial charge is 0.466 e. The highest BCUT2D eigenvalue weighted by atomic mass is 16.5. The lowest BCUT2D eigenvalue weighted by Gasteiger charge is -2.33. The summed E-state index contributed by atoms with van der Waals surface area (Å²) in [4.78, 5) is 43.1. The van der Waals surface area contributed by atoms with Crippen LogP contribution in [0, 0.1) is 0 Å². The number of amides is 2. The Balaban J connectivity index is 1.58. The molecule has 0 radical (unpaired) electrons. The van der Waals surface area contributed by atoms with Gasteiger partial charge in [-0.2, -0.15) is 0 Å². The van der Waals surface area contributed by atoms with Crippen LogP contribution in [0.25, 0.3) is 11.0 Å². The fraction of sp³-hybridized carbons (Fsp3) is 0.545. The smallest absolute Gasteiger partial charge is 0.315 e. The molecule has 2 amide bonds. The fourth-order valence-electron chi connectivity index (χ4n) is 3.81. The van der Waals surface area contributed by atoms with Crippen LogP contribution in [0.3, 0.4) is 0 Å². The normalized spacial score (nSPS) is 14.5. The molecule has 31 heavy (non-hydrogen) atoms. The number of hydrogen-bond acceptors (Lipinski definition) is 6. The number of para-hydroxylation sites is 2. The van der Waals surface area contributed by atoms with E-state index < -0.39 is 0 Å². The molecule has 0 aliphatic carbocycles. The van der Waals surface area contributed by atoms with E-state index in [1.165, 1.54) is 0 Å². The molecule has 0 unspecified atom stereocenters. The lowest BCUT2D eigenvalue weighted by atomic mass is 10.1. The average Bonchev–Trinajstić information content (AvgIpc) is 2.76. The van der Waals surface area contributed by atoms with Gasteiger partial charge in [0.1, 0.15) is 0 Å². The molecule has 1 aliphatic rings. The highest BCUT2D eigenvalue weighted by Gasteiger charge is 2.24. The standard InChI is InChI=1S/C22H31N5O4/c1-3-13-27-18-8-6-5-7-17(18)25-20(21(27)29)26-14-10-16(11-15-26)24-22(30)23-12-9-19(28)31-4-2/h5-8,16H,3-4,9-15H2,1-2H3,(H2,23,24,30). The molecule has 0 spiro atoms. The first-order chi connectivity index (χ1) is 15.0. The van der Waals surface area contributed by atoms with Crippen molar-refractivity contribution in [2.24, 2.45) is 0 Å². The van der Waals surface area contributed by atoms with Gasteiger partial charge in [0, 0.05) is 32.2 Å². The summed E-state index contributed by atoms with van der Waals surface area (Å²) in [6, 6.07) is 7.43. The van der Waals surface area contributed by atoms with Gasteiger partial charge >= 0.3 is 12.0 Å². The third kappa shape index (κ3) is 5.74. The summed E-state index contributed by atoms with van der Waals surface area (Å²) >= 11 is 0. The number of fused-ring (bicyclic) bond motifs is 1. The van der Waals surface area contributed by atoms with Crippen LogP contribution in [0.15, 0.2) is 29.1 Å². The number of nitrogens with zero attached hydrogens (tertiary/aromatic N) is 3. The maximum absolute atomic E-state index is 13.1. The van der Waals surface area contributed by atoms with E-state index in [4.69, 9.17) is 4.74 Å². The average molecular weight is 430 g/mol. The maximum Gasteiger partial charge on any atom is 0.315 e. The molecule has 1 aromatic heterocycles. The predicted molar refractivity (Wildman–Crippen MR) is 119 cm³/mol. The molecule has 0 bridgehead atoms. The van der Waals surface area contributed by atoms with Crippen LogP contribution in [-0.2, 0) is 16.1 Å². The monoisotopic (exact) mass is 429 g/mol. The number of piperidine rings is 1. The lowest BCUT2D eigenvalue weighted by molar-refractivity contribution is -0.142. The van der Waals surface area contributed by atoms with Crippen LogP contribution in [0.5, 0.6) is 0 Å². The lowest BCUT2D eigenvalue weighted by Crippen LogP contribution is -2.49. The number of anilines is 1. The van der Waals surface area contributed by atoms with Crippen LogP contribution in [0.4, 0.5) is 10.6 Å². The van der Waals surface area contributed by atoms with Crippen molar-refractivity contribution in [1.29, 1.82) is 0 Å². The van der Waals surface area contributed by atoms with Gasteiger partial charge in [-0.25, -0.2) is 9.78 Å². The van der Waals surface area contributed by atoms with Crippen molar-refractivity contribution < 1.29 is 14.3 Å². The van der Waals surface area contributed by atoms with Crippen LogP contribution in [0.2, 0.25) is 0 Å². The Bertz CT molecular complexity index is 966. The van der Waals surface area contributed by atoms with Gasteiger partial charge in [-0.05, 0) is 38.3 Å². The third-order valence-electron chi connectivity index (χ3n) is 5.33. The zero-order chi connectivity index (χ0) is 22.2. The molecular weight excluding hydrogens is 398 g/mol. The van der Waals surface area contributed by atoms with E-state index in [1.807, 2.05) is 29.2 Å². The summed E-state index contributed by atoms with van der Waals surface area (Å²) in [7, 11) is 0. The Morgan fingerprint density at radius 3 is 2.65 bits per heavy atom. The van der Waals surface area contributed by atoms with E-state index in [0.29, 0.717) is 44.9 Å². The first-order valence-electron chi connectivity index (χ1n) is 11.0. The highest BCUT2D eigenvalue weighted by Crippen LogP contribution is 2.19. The summed E-state index contributed by atoms with van der Waals surface area (Å²) in [5.41, 5.74) is 1.60. The number of aromatic nitrogens is 2. The van der Waals surface area contributed by atoms with Crippen molar-refractivity contribution in [3.05, 3.63) is 34.6 Å². The van der Waals surface area contributed by atoms with Crippen molar-refractivity contribution in [3.8, 4) is 0 Å². The molecule has 1 fully saturated rings. The number of carbonyl (C=O) groups is 2. The number of esters is 1. The Kier molecular flexibility index (Phi) is 7.86. The SMILES string of the molecule is CCCn1c(=O)c(N2CCC(NC(=O)NCCC(=O)OCC)CC2)nc2ccccc21. The molecule has 1 aliphatic heterocycles. The number of hydrogen-bond donors (Lipinski definition) is 2. The van der Waals surface area contributed by atoms with E-state index in [0.717, 1.165) is 17.5 Å². The molecule has 2 N–H and O–H groups in total. The molecule has 9 nitrogen and oxygen atoms in total. The van der Waals surface area contributed by atoms with Crippen molar-refractivity contribution in [2.45, 2.75) is 52.1 Å². The second kappa shape index (κ2) is 10.8. The van der Waals surface area contributed by atoms with E-state index in [-0.39, 0.29) is 36.6 Å². The Labute approximate surface area is 181 Å². The number of benzene rings is 1. The zero-order valence-corrected chi connectivity index (χ0v) is 18.2. The summed E-state index contributed by atoms with van der Waals surface area (Å²) in [5.74, 6) is 0.150. The summed E-state index contributed by atoms with van der Waals surface area (Å²) in [5, 5.41) is 5.62. The van der Waals surface area contributed by atoms with Gasteiger partial charge in [-0.1, -0.05) is 19.1 Å². The summed E-state index contributed by atoms with van der Waals surface area (Å²) < 4.78 is 6.64. The minimum Gasteiger partial charge on any atom is -0.466 e. The molecule has 2 heterocycles. The van der Waals surface area contributed by atoms with Gasteiger partial charge in [-0.3, -0.25) is 9.59 Å². The summed E-state index contributed by atoms with van der Waals surface area (Å²) in [6.45, 7) is 6.30. The van der Waals surface area contributed by atoms with Crippen LogP contribution in [-0.4, -0.2) is 53.8 Å². The van der Waals surface area contributed by atoms with Gasteiger partial charge in [0.25, 0.3) is 5.56 Å². The molecule has 168 valence electrons. The quantitative estimate of drug-likeness (QED) is 0.622. The molecule has 3 rings (SSSR count). The minimum absolute atomic E-state index is 0.0113. The second-order valence-corrected chi connectivity index (χ2v) is 7.60. The summed E-state index contributed by atoms with van der Waals surface area (Å²) in [6.07, 6.45) is 2.45. The van der Waals surface area contributed by atoms with Crippen molar-refractivity contribution in [3.63, 3.8) is 0 Å². The molecule has 2 aromatic rings. The van der Waals surface area contributed by atoms with E-state index in [1.54, 1.807) is 11.5 Å². The first kappa shape index (κ1) is 22.6. The number of rotatable bonds is 8. The molecule has 0 saturated carbocycles. The molecular formula is C22H31N5O4. The van der Waals surface area contributed by atoms with E-state index >= 15 is 0 Å². The minimum atomic E-state index is -0.326. The molecule has 9 heteroatoms. The number of aryl methyl sites for hydroxylation is 1. The maximum atomic E-state index is 13.1. The van der Waals surface area contributed by atoms with Crippen LogP contribution >= 0.6 is 0 Å². The topological polar surface area (TPSA) is 106 Å². The van der Waals surface area contributed by atoms with Gasteiger partial charge < -0.3 is 24.8 Å². The van der Waals surface area contributed by atoms with Crippen molar-refractivity contribution >= 4 is 28.9 Å². The van der Waals surface area contributed by atoms with E-state index in [9.17, 15) is 14.4 Å². The zero-order valence-electron chi connectivity index (χ0n) is 18.2. The van der Waals surface area contributed by atoms with Crippen LogP contribution < -0.4 is 21.1 Å². The number of nitrogens with one attached hydrogen (secondary N) is 2. The molecule has 1 aromatic carbocycles. The third-order valence-corrected chi connectivity index (χ3v) is 5.33. The predicted octanol–water partition coefficient (Wildman–Crippen LogP) is 2.03. The Morgan fingerprint density at radius 2 is 1.94 bits per heavy atom. The van der Waals surface area contributed by atoms with Crippen molar-refractivity contribution in [1.82, 2.24) is 20.2 Å². The van der Waals surface area contributed by atoms with Gasteiger partial charge in [0.15, 0.2) is 5.82 Å². The molecule has 0 atom stereocenters. The highest BCUT2D eigenvalue weighted by molar-refractivity contribution is 5.77. The Morgan fingerprint density at radius 1 is 1.19 bits per heavy atom. The van der Waals surface area contributed by atoms with E-state index in [2.05, 4.69) is 22.5 Å². The Hall–Kier alpha value is -3.10. The van der Waals surface area contributed by atoms with Gasteiger partial charge in [0.2, 0.25) is 0 Å². The number of ether oxygens (including phenoxy) is 1. The van der Waals surface area contributed by atoms with Gasteiger partial charge in [-0.15, -0.1) is 0 Å².